The summed E-state index contributed by atoms with van der Waals surface area (Å²) in [6, 6.07) is 26.1. The molecule has 3 aromatic rings. The number of ether oxygens (including phenoxy) is 2. The van der Waals surface area contributed by atoms with Gasteiger partial charge in [0.2, 0.25) is 6.79 Å². The molecule has 0 fully saturated rings. The highest BCUT2D eigenvalue weighted by Crippen LogP contribution is 2.22. The van der Waals surface area contributed by atoms with Gasteiger partial charge in [0.05, 0.1) is 0 Å². The standard InChI is InChI=1S/C22H20O2/c1-17(2)18-8-12-21(13-9-18)23-16-24-22-14-10-20(11-15-22)19-6-4-3-5-7-19/h3-15H,1,16H2,2H3. The van der Waals surface area contributed by atoms with E-state index in [0.29, 0.717) is 0 Å². The molecule has 0 heterocycles. The topological polar surface area (TPSA) is 18.5 Å². The quantitative estimate of drug-likeness (QED) is 0.535. The highest BCUT2D eigenvalue weighted by Gasteiger charge is 1.99. The van der Waals surface area contributed by atoms with Crippen LogP contribution in [-0.2, 0) is 0 Å². The van der Waals surface area contributed by atoms with E-state index in [-0.39, 0.29) is 6.79 Å². The first-order valence-corrected chi connectivity index (χ1v) is 7.89. The average molecular weight is 316 g/mol. The lowest BCUT2D eigenvalue weighted by Gasteiger charge is -2.10. The highest BCUT2D eigenvalue weighted by atomic mass is 16.7. The van der Waals surface area contributed by atoms with Crippen molar-refractivity contribution in [2.24, 2.45) is 0 Å². The zero-order chi connectivity index (χ0) is 16.8. The molecule has 0 aliphatic rings. The Labute approximate surface area is 143 Å². The molecule has 24 heavy (non-hydrogen) atoms. The molecule has 120 valence electrons. The second-order valence-electron chi connectivity index (χ2n) is 5.60. The summed E-state index contributed by atoms with van der Waals surface area (Å²) in [6.45, 7) is 6.08. The molecule has 2 nitrogen and oxygen atoms in total. The van der Waals surface area contributed by atoms with Crippen LogP contribution in [-0.4, -0.2) is 6.79 Å². The van der Waals surface area contributed by atoms with Gasteiger partial charge in [0.1, 0.15) is 11.5 Å². The lowest BCUT2D eigenvalue weighted by molar-refractivity contribution is 0.120. The monoisotopic (exact) mass is 316 g/mol. The molecule has 0 spiro atoms. The van der Waals surface area contributed by atoms with Crippen LogP contribution in [0.2, 0.25) is 0 Å². The van der Waals surface area contributed by atoms with Gasteiger partial charge in [-0.1, -0.05) is 66.7 Å². The van der Waals surface area contributed by atoms with Crippen LogP contribution < -0.4 is 9.47 Å². The van der Waals surface area contributed by atoms with Gasteiger partial charge in [0.25, 0.3) is 0 Å². The molecular weight excluding hydrogens is 296 g/mol. The molecule has 0 radical (unpaired) electrons. The maximum Gasteiger partial charge on any atom is 0.230 e. The van der Waals surface area contributed by atoms with E-state index in [1.807, 2.05) is 73.7 Å². The Balaban J connectivity index is 1.54. The van der Waals surface area contributed by atoms with Crippen molar-refractivity contribution >= 4 is 5.57 Å². The Hall–Kier alpha value is -3.00. The number of allylic oxidation sites excluding steroid dienone is 1. The van der Waals surface area contributed by atoms with Gasteiger partial charge in [-0.05, 0) is 47.9 Å². The predicted molar refractivity (Wildman–Crippen MR) is 99.2 cm³/mol. The van der Waals surface area contributed by atoms with Crippen LogP contribution >= 0.6 is 0 Å². The molecular formula is C22H20O2. The first-order valence-electron chi connectivity index (χ1n) is 7.89. The van der Waals surface area contributed by atoms with Gasteiger partial charge in [-0.3, -0.25) is 0 Å². The minimum absolute atomic E-state index is 0.178. The molecule has 0 aliphatic carbocycles. The molecule has 0 N–H and O–H groups in total. The van der Waals surface area contributed by atoms with Crippen molar-refractivity contribution < 1.29 is 9.47 Å². The van der Waals surface area contributed by atoms with Crippen LogP contribution in [0.4, 0.5) is 0 Å². The van der Waals surface area contributed by atoms with Crippen molar-refractivity contribution in [2.45, 2.75) is 6.92 Å². The fourth-order valence-electron chi connectivity index (χ4n) is 2.38. The minimum atomic E-state index is 0.178. The third kappa shape index (κ3) is 4.05. The Morgan fingerprint density at radius 2 is 1.21 bits per heavy atom. The SMILES string of the molecule is C=C(C)c1ccc(OCOc2ccc(-c3ccccc3)cc2)cc1. The summed E-state index contributed by atoms with van der Waals surface area (Å²) in [5.74, 6) is 1.56. The van der Waals surface area contributed by atoms with Crippen molar-refractivity contribution in [3.8, 4) is 22.6 Å². The van der Waals surface area contributed by atoms with Crippen LogP contribution in [0.5, 0.6) is 11.5 Å². The largest absolute Gasteiger partial charge is 0.458 e. The Morgan fingerprint density at radius 3 is 1.75 bits per heavy atom. The van der Waals surface area contributed by atoms with Crippen molar-refractivity contribution in [1.29, 1.82) is 0 Å². The summed E-state index contributed by atoms with van der Waals surface area (Å²) < 4.78 is 11.2. The highest BCUT2D eigenvalue weighted by molar-refractivity contribution is 5.64. The molecule has 0 unspecified atom stereocenters. The number of benzene rings is 3. The normalized spacial score (nSPS) is 10.2. The van der Waals surface area contributed by atoms with Crippen LogP contribution in [0, 0.1) is 0 Å². The summed E-state index contributed by atoms with van der Waals surface area (Å²) >= 11 is 0. The third-order valence-corrected chi connectivity index (χ3v) is 3.76. The number of hydrogen-bond acceptors (Lipinski definition) is 2. The molecule has 0 saturated heterocycles. The van der Waals surface area contributed by atoms with Crippen LogP contribution in [0.3, 0.4) is 0 Å². The van der Waals surface area contributed by atoms with E-state index in [1.165, 1.54) is 11.1 Å². The summed E-state index contributed by atoms with van der Waals surface area (Å²) in [7, 11) is 0. The molecule has 0 aromatic heterocycles. The van der Waals surface area contributed by atoms with E-state index in [0.717, 1.165) is 22.6 Å². The number of hydrogen-bond donors (Lipinski definition) is 0. The van der Waals surface area contributed by atoms with E-state index in [2.05, 4.69) is 18.7 Å². The lowest BCUT2D eigenvalue weighted by Crippen LogP contribution is -2.05. The molecule has 2 heteroatoms. The first-order chi connectivity index (χ1) is 11.7. The number of rotatable bonds is 6. The molecule has 0 bridgehead atoms. The first kappa shape index (κ1) is 15.9. The molecule has 0 aliphatic heterocycles. The zero-order valence-electron chi connectivity index (χ0n) is 13.7. The van der Waals surface area contributed by atoms with Gasteiger partial charge in [0, 0.05) is 0 Å². The van der Waals surface area contributed by atoms with Gasteiger partial charge < -0.3 is 9.47 Å². The van der Waals surface area contributed by atoms with Crippen LogP contribution in [0.15, 0.2) is 85.4 Å². The van der Waals surface area contributed by atoms with E-state index in [4.69, 9.17) is 9.47 Å². The van der Waals surface area contributed by atoms with Crippen LogP contribution in [0.25, 0.3) is 16.7 Å². The average Bonchev–Trinajstić information content (AvgIpc) is 2.63. The van der Waals surface area contributed by atoms with E-state index in [1.54, 1.807) is 0 Å². The third-order valence-electron chi connectivity index (χ3n) is 3.76. The molecule has 3 aromatic carbocycles. The van der Waals surface area contributed by atoms with Gasteiger partial charge >= 0.3 is 0 Å². The van der Waals surface area contributed by atoms with Gasteiger partial charge in [-0.15, -0.1) is 0 Å². The van der Waals surface area contributed by atoms with Crippen molar-refractivity contribution in [2.75, 3.05) is 6.79 Å². The molecule has 3 rings (SSSR count). The van der Waals surface area contributed by atoms with Crippen molar-refractivity contribution in [1.82, 2.24) is 0 Å². The summed E-state index contributed by atoms with van der Waals surface area (Å²) in [4.78, 5) is 0. The van der Waals surface area contributed by atoms with E-state index < -0.39 is 0 Å². The van der Waals surface area contributed by atoms with E-state index >= 15 is 0 Å². The fraction of sp³-hybridized carbons (Fsp3) is 0.0909. The summed E-state index contributed by atoms with van der Waals surface area (Å²) in [6.07, 6.45) is 0. The van der Waals surface area contributed by atoms with Gasteiger partial charge in [0.15, 0.2) is 0 Å². The van der Waals surface area contributed by atoms with Crippen LogP contribution in [0.1, 0.15) is 12.5 Å². The molecule has 0 amide bonds. The maximum atomic E-state index is 5.64. The molecule has 0 saturated carbocycles. The van der Waals surface area contributed by atoms with E-state index in [9.17, 15) is 0 Å². The lowest BCUT2D eigenvalue weighted by atomic mass is 10.1. The summed E-state index contributed by atoms with van der Waals surface area (Å²) in [5, 5.41) is 0. The van der Waals surface area contributed by atoms with Crippen molar-refractivity contribution in [3.05, 3.63) is 91.0 Å². The zero-order valence-corrected chi connectivity index (χ0v) is 13.7. The Kier molecular flexibility index (Phi) is 4.97. The molecule has 0 atom stereocenters. The predicted octanol–water partition coefficient (Wildman–Crippen LogP) is 5.80. The van der Waals surface area contributed by atoms with Gasteiger partial charge in [-0.25, -0.2) is 0 Å². The Morgan fingerprint density at radius 1 is 0.708 bits per heavy atom. The Bertz CT molecular complexity index is 788. The van der Waals surface area contributed by atoms with Crippen molar-refractivity contribution in [3.63, 3.8) is 0 Å². The van der Waals surface area contributed by atoms with Gasteiger partial charge in [-0.2, -0.15) is 0 Å². The maximum absolute atomic E-state index is 5.64. The minimum Gasteiger partial charge on any atom is -0.458 e. The fourth-order valence-corrected chi connectivity index (χ4v) is 2.38. The second-order valence-corrected chi connectivity index (χ2v) is 5.60. The smallest absolute Gasteiger partial charge is 0.230 e. The second kappa shape index (κ2) is 7.51. The summed E-state index contributed by atoms with van der Waals surface area (Å²) in [5.41, 5.74) is 4.51.